The Morgan fingerprint density at radius 2 is 1.78 bits per heavy atom. The maximum absolute atomic E-state index is 12.2. The highest BCUT2D eigenvalue weighted by Gasteiger charge is 2.27. The summed E-state index contributed by atoms with van der Waals surface area (Å²) in [4.78, 5) is 30.7. The average molecular weight is 513 g/mol. The van der Waals surface area contributed by atoms with Gasteiger partial charge in [-0.15, -0.1) is 10.2 Å². The zero-order valence-electron chi connectivity index (χ0n) is 21.6. The van der Waals surface area contributed by atoms with Gasteiger partial charge in [-0.3, -0.25) is 4.79 Å². The van der Waals surface area contributed by atoms with Gasteiger partial charge < -0.3 is 31.2 Å². The number of nitrogens with two attached hydrogens (primary N) is 1. The molecule has 2 aromatic rings. The van der Waals surface area contributed by atoms with Crippen LogP contribution in [0.4, 0.5) is 22.2 Å². The number of hydrogen-bond acceptors (Lipinski definition) is 10. The molecule has 37 heavy (non-hydrogen) atoms. The normalized spacial score (nSPS) is 19.4. The lowest BCUT2D eigenvalue weighted by Crippen LogP contribution is -2.49. The van der Waals surface area contributed by atoms with Crippen LogP contribution in [-0.4, -0.2) is 75.3 Å². The molecule has 1 aromatic carbocycles. The van der Waals surface area contributed by atoms with Crippen LogP contribution in [0.5, 0.6) is 0 Å². The summed E-state index contributed by atoms with van der Waals surface area (Å²) in [5, 5.41) is 25.2. The quantitative estimate of drug-likeness (QED) is 0.453. The number of aromatic nitrogens is 3. The molecule has 12 nitrogen and oxygen atoms in total. The van der Waals surface area contributed by atoms with Gasteiger partial charge in [-0.2, -0.15) is 10.0 Å². The molecule has 4 rings (SSSR count). The van der Waals surface area contributed by atoms with Crippen LogP contribution in [0, 0.1) is 0 Å². The van der Waals surface area contributed by atoms with Crippen LogP contribution in [0.1, 0.15) is 68.4 Å². The van der Waals surface area contributed by atoms with E-state index in [4.69, 9.17) is 10.5 Å². The topological polar surface area (TPSA) is 159 Å². The maximum atomic E-state index is 12.2. The van der Waals surface area contributed by atoms with Crippen LogP contribution < -0.4 is 21.3 Å². The molecule has 1 atom stereocenters. The number of nitrogens with one attached hydrogen (secondary N) is 2. The molecule has 2 fully saturated rings. The minimum absolute atomic E-state index is 0.0522. The molecule has 5 N–H and O–H groups in total. The highest BCUT2D eigenvalue weighted by Crippen LogP contribution is 2.29. The number of ether oxygens (including phenoxy) is 1. The van der Waals surface area contributed by atoms with Crippen LogP contribution >= 0.6 is 0 Å². The molecule has 0 unspecified atom stereocenters. The molecule has 0 aliphatic carbocycles. The van der Waals surface area contributed by atoms with Gasteiger partial charge in [-0.05, 0) is 70.1 Å². The number of carbonyl (C=O) groups is 2. The summed E-state index contributed by atoms with van der Waals surface area (Å²) in [5.74, 6) is 0.230. The average Bonchev–Trinajstić information content (AvgIpc) is 2.84. The van der Waals surface area contributed by atoms with Gasteiger partial charge in [0.25, 0.3) is 5.91 Å². The van der Waals surface area contributed by atoms with Crippen molar-refractivity contribution < 1.29 is 19.5 Å². The Hall–Kier alpha value is -3.51. The first-order valence-electron chi connectivity index (χ1n) is 12.7. The number of nitrogens with zero attached hydrogens (tertiary/aromatic N) is 5. The highest BCUT2D eigenvalue weighted by molar-refractivity contribution is 5.96. The third-order valence-corrected chi connectivity index (χ3v) is 6.45. The standard InChI is InChI=1S/C25H36N8O4/c1-25(2,3)37-24(35)28-19-5-4-12-32(15-19)23-29-22(20(21(26)34)30-31-23)27-18-8-6-16(7-9-18)17-10-13-33(36)14-11-17/h6-9,17,19,36H,4-5,10-15H2,1-3H3,(H2,26,34)(H,28,35)(H,27,29,31)/t19-/m1/s1. The predicted octanol–water partition coefficient (Wildman–Crippen LogP) is 2.78. The Morgan fingerprint density at radius 1 is 1.08 bits per heavy atom. The Balaban J connectivity index is 1.46. The fourth-order valence-electron chi connectivity index (χ4n) is 4.63. The lowest BCUT2D eigenvalue weighted by molar-refractivity contribution is -0.106. The summed E-state index contributed by atoms with van der Waals surface area (Å²) in [7, 11) is 0. The van der Waals surface area contributed by atoms with E-state index >= 15 is 0 Å². The molecule has 200 valence electrons. The zero-order chi connectivity index (χ0) is 26.6. The second kappa shape index (κ2) is 11.3. The predicted molar refractivity (Wildman–Crippen MR) is 138 cm³/mol. The molecule has 0 saturated carbocycles. The lowest BCUT2D eigenvalue weighted by atomic mass is 9.90. The number of hydroxylamine groups is 2. The smallest absolute Gasteiger partial charge is 0.407 e. The van der Waals surface area contributed by atoms with Gasteiger partial charge in [0.1, 0.15) is 5.60 Å². The molecule has 2 amide bonds. The Bertz CT molecular complexity index is 1100. The molecular weight excluding hydrogens is 476 g/mol. The number of primary amides is 1. The minimum atomic E-state index is -0.732. The first kappa shape index (κ1) is 26.6. The summed E-state index contributed by atoms with van der Waals surface area (Å²) in [5.41, 5.74) is 6.84. The molecule has 1 aromatic heterocycles. The van der Waals surface area contributed by atoms with E-state index < -0.39 is 17.6 Å². The zero-order valence-corrected chi connectivity index (χ0v) is 21.6. The Kier molecular flexibility index (Phi) is 8.08. The summed E-state index contributed by atoms with van der Waals surface area (Å²) in [6.45, 7) is 7.95. The van der Waals surface area contributed by atoms with Crippen molar-refractivity contribution in [2.75, 3.05) is 36.4 Å². The Labute approximate surface area is 216 Å². The maximum Gasteiger partial charge on any atom is 0.407 e. The summed E-state index contributed by atoms with van der Waals surface area (Å²) in [6, 6.07) is 7.79. The van der Waals surface area contributed by atoms with Gasteiger partial charge in [0, 0.05) is 37.9 Å². The van der Waals surface area contributed by atoms with Crippen LogP contribution in [0.2, 0.25) is 0 Å². The SMILES string of the molecule is CC(C)(C)OC(=O)N[C@@H]1CCCN(c2nnc(C(N)=O)c(Nc3ccc(C4CCN(O)CC4)cc3)n2)C1. The largest absolute Gasteiger partial charge is 0.444 e. The highest BCUT2D eigenvalue weighted by atomic mass is 16.6. The van der Waals surface area contributed by atoms with E-state index in [0.29, 0.717) is 38.0 Å². The van der Waals surface area contributed by atoms with E-state index in [1.54, 1.807) is 0 Å². The number of alkyl carbamates (subject to hydrolysis) is 1. The molecular formula is C25H36N8O4. The van der Waals surface area contributed by atoms with Gasteiger partial charge in [-0.1, -0.05) is 12.1 Å². The molecule has 0 bridgehead atoms. The van der Waals surface area contributed by atoms with E-state index in [1.165, 1.54) is 10.6 Å². The molecule has 12 heteroatoms. The van der Waals surface area contributed by atoms with Crippen LogP contribution in [0.15, 0.2) is 24.3 Å². The fourth-order valence-corrected chi connectivity index (χ4v) is 4.63. The third kappa shape index (κ3) is 7.26. The van der Waals surface area contributed by atoms with Crippen molar-refractivity contribution in [3.8, 4) is 0 Å². The van der Waals surface area contributed by atoms with Crippen molar-refractivity contribution in [1.82, 2.24) is 25.6 Å². The summed E-state index contributed by atoms with van der Waals surface area (Å²) in [6.07, 6.45) is 2.95. The van der Waals surface area contributed by atoms with E-state index in [1.807, 2.05) is 49.9 Å². The van der Waals surface area contributed by atoms with Crippen LogP contribution in [0.25, 0.3) is 0 Å². The number of hydrogen-bond donors (Lipinski definition) is 4. The van der Waals surface area contributed by atoms with Crippen LogP contribution in [0.3, 0.4) is 0 Å². The van der Waals surface area contributed by atoms with E-state index in [0.717, 1.165) is 31.4 Å². The van der Waals surface area contributed by atoms with Crippen molar-refractivity contribution in [2.45, 2.75) is 64.0 Å². The van der Waals surface area contributed by atoms with E-state index in [2.05, 4.69) is 25.8 Å². The van der Waals surface area contributed by atoms with Crippen molar-refractivity contribution >= 4 is 29.5 Å². The first-order chi connectivity index (χ1) is 17.6. The van der Waals surface area contributed by atoms with Gasteiger partial charge in [0.2, 0.25) is 5.95 Å². The molecule has 0 spiro atoms. The second-order valence-electron chi connectivity index (χ2n) is 10.6. The lowest BCUT2D eigenvalue weighted by Gasteiger charge is -2.33. The van der Waals surface area contributed by atoms with Gasteiger partial charge >= 0.3 is 6.09 Å². The fraction of sp³-hybridized carbons (Fsp3) is 0.560. The van der Waals surface area contributed by atoms with Crippen molar-refractivity contribution in [1.29, 1.82) is 0 Å². The Morgan fingerprint density at radius 3 is 2.43 bits per heavy atom. The van der Waals surface area contributed by atoms with Crippen molar-refractivity contribution in [2.24, 2.45) is 5.73 Å². The number of piperidine rings is 2. The third-order valence-electron chi connectivity index (χ3n) is 6.45. The first-order valence-corrected chi connectivity index (χ1v) is 12.7. The van der Waals surface area contributed by atoms with Crippen LogP contribution in [-0.2, 0) is 4.74 Å². The van der Waals surface area contributed by atoms with Crippen molar-refractivity contribution in [3.63, 3.8) is 0 Å². The summed E-state index contributed by atoms with van der Waals surface area (Å²) >= 11 is 0. The molecule has 0 radical (unpaired) electrons. The van der Waals surface area contributed by atoms with Gasteiger partial charge in [0.05, 0.1) is 0 Å². The molecule has 2 aliphatic rings. The van der Waals surface area contributed by atoms with E-state index in [-0.39, 0.29) is 17.6 Å². The number of anilines is 3. The monoisotopic (exact) mass is 512 g/mol. The minimum Gasteiger partial charge on any atom is -0.444 e. The number of rotatable bonds is 6. The molecule has 3 heterocycles. The molecule has 2 saturated heterocycles. The van der Waals surface area contributed by atoms with E-state index in [9.17, 15) is 14.8 Å². The number of carbonyl (C=O) groups excluding carboxylic acids is 2. The van der Waals surface area contributed by atoms with Gasteiger partial charge in [-0.25, -0.2) is 4.79 Å². The summed E-state index contributed by atoms with van der Waals surface area (Å²) < 4.78 is 5.37. The van der Waals surface area contributed by atoms with Crippen molar-refractivity contribution in [3.05, 3.63) is 35.5 Å². The number of amides is 2. The molecule has 2 aliphatic heterocycles. The van der Waals surface area contributed by atoms with Gasteiger partial charge in [0.15, 0.2) is 11.5 Å². The second-order valence-corrected chi connectivity index (χ2v) is 10.6. The number of benzene rings is 1.